The van der Waals surface area contributed by atoms with Crippen molar-refractivity contribution in [3.8, 4) is 0 Å². The molecule has 1 rings (SSSR count). The maximum absolute atomic E-state index is 12.5. The topological polar surface area (TPSA) is 17.1 Å². The van der Waals surface area contributed by atoms with E-state index in [1.807, 2.05) is 0 Å². The van der Waals surface area contributed by atoms with Crippen LogP contribution in [0.2, 0.25) is 0 Å². The summed E-state index contributed by atoms with van der Waals surface area (Å²) in [5, 5.41) is 0. The first-order chi connectivity index (χ1) is 5.24. The van der Waals surface area contributed by atoms with Crippen molar-refractivity contribution in [1.82, 2.24) is 0 Å². The zero-order valence-corrected chi connectivity index (χ0v) is 7.27. The van der Waals surface area contributed by atoms with Crippen molar-refractivity contribution in [3.63, 3.8) is 0 Å². The molecule has 3 heteroatoms. The van der Waals surface area contributed by atoms with Crippen LogP contribution in [0.25, 0.3) is 0 Å². The van der Waals surface area contributed by atoms with Gasteiger partial charge < -0.3 is 4.79 Å². The van der Waals surface area contributed by atoms with Crippen LogP contribution in [-0.2, 0) is 11.2 Å². The molecule has 0 atom stereocenters. The van der Waals surface area contributed by atoms with Crippen molar-refractivity contribution in [2.45, 2.75) is 6.42 Å². The van der Waals surface area contributed by atoms with E-state index >= 15 is 0 Å². The molecule has 0 N–H and O–H groups in total. The molecule has 0 radical (unpaired) electrons. The van der Waals surface area contributed by atoms with Crippen LogP contribution in [0.3, 0.4) is 0 Å². The monoisotopic (exact) mass is 216 g/mol. The zero-order chi connectivity index (χ0) is 8.27. The Hall–Kier alpha value is -0.700. The minimum absolute atomic E-state index is 0.300. The standard InChI is InChI=1S/C8H6BrFO/c9-8-5-7(10)2-1-6(8)3-4-11/h1-2,4-5H,3H2. The van der Waals surface area contributed by atoms with Crippen molar-refractivity contribution >= 4 is 22.2 Å². The summed E-state index contributed by atoms with van der Waals surface area (Å²) < 4.78 is 13.1. The van der Waals surface area contributed by atoms with Gasteiger partial charge in [0, 0.05) is 10.9 Å². The minimum atomic E-state index is -0.300. The minimum Gasteiger partial charge on any atom is -0.303 e. The number of halogens is 2. The Balaban J connectivity index is 2.98. The van der Waals surface area contributed by atoms with E-state index in [1.54, 1.807) is 6.07 Å². The molecule has 0 heterocycles. The maximum Gasteiger partial charge on any atom is 0.124 e. The Bertz CT molecular complexity index is 273. The third kappa shape index (κ3) is 2.12. The van der Waals surface area contributed by atoms with Gasteiger partial charge in [0.1, 0.15) is 12.1 Å². The average molecular weight is 217 g/mol. The second kappa shape index (κ2) is 3.62. The normalized spacial score (nSPS) is 9.64. The maximum atomic E-state index is 12.5. The molecule has 1 aromatic rings. The summed E-state index contributed by atoms with van der Waals surface area (Å²) in [7, 11) is 0. The van der Waals surface area contributed by atoms with Crippen LogP contribution in [0.1, 0.15) is 5.56 Å². The Morgan fingerprint density at radius 1 is 1.55 bits per heavy atom. The Kier molecular flexibility index (Phi) is 2.76. The van der Waals surface area contributed by atoms with Crippen LogP contribution in [0.5, 0.6) is 0 Å². The fourth-order valence-electron chi connectivity index (χ4n) is 0.777. The molecule has 0 fully saturated rings. The van der Waals surface area contributed by atoms with E-state index in [9.17, 15) is 9.18 Å². The largest absolute Gasteiger partial charge is 0.303 e. The molecule has 0 spiro atoms. The molecule has 0 aliphatic carbocycles. The van der Waals surface area contributed by atoms with E-state index in [0.29, 0.717) is 10.9 Å². The molecule has 11 heavy (non-hydrogen) atoms. The first-order valence-corrected chi connectivity index (χ1v) is 3.91. The van der Waals surface area contributed by atoms with Gasteiger partial charge in [0.15, 0.2) is 0 Å². The van der Waals surface area contributed by atoms with E-state index in [-0.39, 0.29) is 5.82 Å². The SMILES string of the molecule is O=CCc1ccc(F)cc1Br. The number of carbonyl (C=O) groups excluding carboxylic acids is 1. The van der Waals surface area contributed by atoms with Gasteiger partial charge in [0.25, 0.3) is 0 Å². The van der Waals surface area contributed by atoms with Gasteiger partial charge in [-0.2, -0.15) is 0 Å². The number of hydrogen-bond acceptors (Lipinski definition) is 1. The summed E-state index contributed by atoms with van der Waals surface area (Å²) in [5.74, 6) is -0.300. The smallest absolute Gasteiger partial charge is 0.124 e. The highest BCUT2D eigenvalue weighted by molar-refractivity contribution is 9.10. The molecule has 0 saturated carbocycles. The summed E-state index contributed by atoms with van der Waals surface area (Å²) in [6.07, 6.45) is 1.11. The molecule has 0 aliphatic rings. The average Bonchev–Trinajstić information content (AvgIpc) is 1.95. The van der Waals surface area contributed by atoms with E-state index in [4.69, 9.17) is 0 Å². The lowest BCUT2D eigenvalue weighted by Gasteiger charge is -1.98. The quantitative estimate of drug-likeness (QED) is 0.694. The first kappa shape index (κ1) is 8.40. The predicted octanol–water partition coefficient (Wildman–Crippen LogP) is 2.33. The van der Waals surface area contributed by atoms with Crippen molar-refractivity contribution in [2.24, 2.45) is 0 Å². The summed E-state index contributed by atoms with van der Waals surface area (Å²) in [6.45, 7) is 0. The van der Waals surface area contributed by atoms with Crippen LogP contribution in [-0.4, -0.2) is 6.29 Å². The van der Waals surface area contributed by atoms with Crippen LogP contribution in [0, 0.1) is 5.82 Å². The number of aldehydes is 1. The van der Waals surface area contributed by atoms with Gasteiger partial charge in [-0.1, -0.05) is 22.0 Å². The van der Waals surface area contributed by atoms with Crippen molar-refractivity contribution in [3.05, 3.63) is 34.1 Å². The van der Waals surface area contributed by atoms with Gasteiger partial charge in [0.2, 0.25) is 0 Å². The van der Waals surface area contributed by atoms with Gasteiger partial charge in [-0.3, -0.25) is 0 Å². The van der Waals surface area contributed by atoms with Crippen molar-refractivity contribution < 1.29 is 9.18 Å². The van der Waals surface area contributed by atoms with Crippen LogP contribution < -0.4 is 0 Å². The van der Waals surface area contributed by atoms with Crippen molar-refractivity contribution in [2.75, 3.05) is 0 Å². The van der Waals surface area contributed by atoms with Gasteiger partial charge >= 0.3 is 0 Å². The third-order valence-corrected chi connectivity index (χ3v) is 2.06. The van der Waals surface area contributed by atoms with E-state index < -0.39 is 0 Å². The Morgan fingerprint density at radius 2 is 2.27 bits per heavy atom. The number of hydrogen-bond donors (Lipinski definition) is 0. The highest BCUT2D eigenvalue weighted by Gasteiger charge is 1.99. The predicted molar refractivity (Wildman–Crippen MR) is 43.9 cm³/mol. The molecule has 0 amide bonds. The van der Waals surface area contributed by atoms with Gasteiger partial charge in [-0.05, 0) is 17.7 Å². The third-order valence-electron chi connectivity index (χ3n) is 1.32. The molecular formula is C8H6BrFO. The number of carbonyl (C=O) groups is 1. The first-order valence-electron chi connectivity index (χ1n) is 3.11. The summed E-state index contributed by atoms with van der Waals surface area (Å²) in [6, 6.07) is 4.27. The van der Waals surface area contributed by atoms with Gasteiger partial charge in [-0.15, -0.1) is 0 Å². The lowest BCUT2D eigenvalue weighted by Crippen LogP contribution is -1.87. The summed E-state index contributed by atoms with van der Waals surface area (Å²) in [4.78, 5) is 10.1. The van der Waals surface area contributed by atoms with E-state index in [2.05, 4.69) is 15.9 Å². The summed E-state index contributed by atoms with van der Waals surface area (Å²) >= 11 is 3.15. The van der Waals surface area contributed by atoms with Crippen LogP contribution >= 0.6 is 15.9 Å². The fourth-order valence-corrected chi connectivity index (χ4v) is 1.29. The summed E-state index contributed by atoms with van der Waals surface area (Å²) in [5.41, 5.74) is 0.807. The number of rotatable bonds is 2. The second-order valence-corrected chi connectivity index (χ2v) is 2.96. The fraction of sp³-hybridized carbons (Fsp3) is 0.125. The van der Waals surface area contributed by atoms with Crippen molar-refractivity contribution in [1.29, 1.82) is 0 Å². The van der Waals surface area contributed by atoms with Crippen LogP contribution in [0.4, 0.5) is 4.39 Å². The molecule has 58 valence electrons. The molecule has 0 unspecified atom stereocenters. The number of benzene rings is 1. The zero-order valence-electron chi connectivity index (χ0n) is 5.68. The highest BCUT2D eigenvalue weighted by Crippen LogP contribution is 2.17. The van der Waals surface area contributed by atoms with E-state index in [0.717, 1.165) is 11.8 Å². The Morgan fingerprint density at radius 3 is 2.82 bits per heavy atom. The highest BCUT2D eigenvalue weighted by atomic mass is 79.9. The van der Waals surface area contributed by atoms with Crippen LogP contribution in [0.15, 0.2) is 22.7 Å². The molecule has 0 aromatic heterocycles. The van der Waals surface area contributed by atoms with Gasteiger partial charge in [-0.25, -0.2) is 4.39 Å². The molecule has 1 aromatic carbocycles. The molecule has 0 bridgehead atoms. The Labute approximate surface area is 72.4 Å². The molecule has 1 nitrogen and oxygen atoms in total. The second-order valence-electron chi connectivity index (χ2n) is 2.11. The molecule has 0 saturated heterocycles. The van der Waals surface area contributed by atoms with E-state index in [1.165, 1.54) is 12.1 Å². The lowest BCUT2D eigenvalue weighted by atomic mass is 10.2. The lowest BCUT2D eigenvalue weighted by molar-refractivity contribution is -0.107. The molecular weight excluding hydrogens is 211 g/mol. The molecule has 0 aliphatic heterocycles. The van der Waals surface area contributed by atoms with Gasteiger partial charge in [0.05, 0.1) is 0 Å².